The van der Waals surface area contributed by atoms with E-state index in [1.807, 2.05) is 0 Å². The summed E-state index contributed by atoms with van der Waals surface area (Å²) in [4.78, 5) is 40.2. The van der Waals surface area contributed by atoms with Crippen molar-refractivity contribution in [2.45, 2.75) is 6.42 Å². The minimum atomic E-state index is -2.27. The van der Waals surface area contributed by atoms with Crippen LogP contribution in [0.3, 0.4) is 0 Å². The number of aliphatic carboxylic acids is 3. The first-order chi connectivity index (χ1) is 5.86. The third-order valence-electron chi connectivity index (χ3n) is 1.17. The standard InChI is InChI=1S/C6H6O7.Ba/c7-3(8)1-2(5(10)11)4(9)6(12)13;/h2H,1H2,(H,7,8)(H,10,11)(H,12,13);/q;+2/p-3. The van der Waals surface area contributed by atoms with E-state index in [0.717, 1.165) is 0 Å². The maximum Gasteiger partial charge on any atom is 2.00 e. The van der Waals surface area contributed by atoms with E-state index in [9.17, 15) is 34.5 Å². The average Bonchev–Trinajstić information content (AvgIpc) is 1.97. The normalized spacial score (nSPS) is 10.9. The molecule has 0 amide bonds. The molecular weight excluding hydrogens is 321 g/mol. The molecule has 8 heteroatoms. The topological polar surface area (TPSA) is 137 Å². The second-order valence-corrected chi connectivity index (χ2v) is 2.10. The van der Waals surface area contributed by atoms with Crippen LogP contribution >= 0.6 is 0 Å². The van der Waals surface area contributed by atoms with Gasteiger partial charge in [-0.2, -0.15) is 0 Å². The zero-order chi connectivity index (χ0) is 10.6. The zero-order valence-electron chi connectivity index (χ0n) is 6.85. The van der Waals surface area contributed by atoms with E-state index >= 15 is 0 Å². The van der Waals surface area contributed by atoms with E-state index in [2.05, 4.69) is 0 Å². The van der Waals surface area contributed by atoms with E-state index in [1.54, 1.807) is 0 Å². The molecule has 14 heavy (non-hydrogen) atoms. The third kappa shape index (κ3) is 5.40. The number of rotatable bonds is 5. The molecule has 0 N–H and O–H groups in total. The number of carbonyl (C=O) groups is 4. The van der Waals surface area contributed by atoms with Gasteiger partial charge in [0.05, 0.1) is 11.9 Å². The van der Waals surface area contributed by atoms with E-state index < -0.39 is 36.0 Å². The van der Waals surface area contributed by atoms with Gasteiger partial charge in [0, 0.05) is 12.4 Å². The fourth-order valence-electron chi connectivity index (χ4n) is 0.592. The van der Waals surface area contributed by atoms with Crippen LogP contribution in [0.1, 0.15) is 6.42 Å². The van der Waals surface area contributed by atoms with Crippen LogP contribution in [0.4, 0.5) is 0 Å². The van der Waals surface area contributed by atoms with Gasteiger partial charge in [0.25, 0.3) is 0 Å². The van der Waals surface area contributed by atoms with Crippen molar-refractivity contribution in [1.82, 2.24) is 0 Å². The Bertz CT molecular complexity index is 271. The minimum Gasteiger partial charge on any atom is -0.550 e. The van der Waals surface area contributed by atoms with Gasteiger partial charge in [-0.3, -0.25) is 4.79 Å². The van der Waals surface area contributed by atoms with Crippen molar-refractivity contribution < 1.29 is 34.5 Å². The maximum absolute atomic E-state index is 10.4. The number of carboxylic acids is 3. The number of Topliss-reactive ketones (excluding diaryl/α,β-unsaturated/α-hetero) is 1. The van der Waals surface area contributed by atoms with Crippen LogP contribution in [0.15, 0.2) is 0 Å². The van der Waals surface area contributed by atoms with Gasteiger partial charge in [-0.15, -0.1) is 0 Å². The first-order valence-corrected chi connectivity index (χ1v) is 3.02. The Labute approximate surface area is 118 Å². The molecule has 0 fully saturated rings. The molecule has 0 aromatic carbocycles. The van der Waals surface area contributed by atoms with Crippen molar-refractivity contribution >= 4 is 72.6 Å². The second kappa shape index (κ2) is 7.01. The fourth-order valence-corrected chi connectivity index (χ4v) is 0.592. The number of carboxylic acid groups (broad SMARTS) is 3. The molecule has 0 heterocycles. The molecule has 72 valence electrons. The van der Waals surface area contributed by atoms with Crippen molar-refractivity contribution in [1.29, 1.82) is 0 Å². The van der Waals surface area contributed by atoms with Gasteiger partial charge in [-0.1, -0.05) is 0 Å². The van der Waals surface area contributed by atoms with E-state index in [-0.39, 0.29) is 48.9 Å². The summed E-state index contributed by atoms with van der Waals surface area (Å²) in [5, 5.41) is 29.8. The summed E-state index contributed by atoms with van der Waals surface area (Å²) in [6, 6.07) is 0. The molecule has 0 bridgehead atoms. The molecule has 0 radical (unpaired) electrons. The van der Waals surface area contributed by atoms with Crippen molar-refractivity contribution in [2.75, 3.05) is 0 Å². The van der Waals surface area contributed by atoms with Crippen LogP contribution in [-0.2, 0) is 19.2 Å². The SMILES string of the molecule is O=C([O-])CC(C(=O)[O-])C(=O)C(=O)[O-].[Ba+2]. The van der Waals surface area contributed by atoms with E-state index in [4.69, 9.17) is 0 Å². The van der Waals surface area contributed by atoms with Gasteiger partial charge >= 0.3 is 48.9 Å². The molecule has 0 aliphatic carbocycles. The molecule has 0 rings (SSSR count). The molecule has 0 aromatic rings. The number of hydrogen-bond acceptors (Lipinski definition) is 7. The summed E-state index contributed by atoms with van der Waals surface area (Å²) in [5.41, 5.74) is 0. The molecule has 0 aliphatic rings. The van der Waals surface area contributed by atoms with E-state index in [1.165, 1.54) is 0 Å². The molecule has 1 atom stereocenters. The maximum atomic E-state index is 10.4. The van der Waals surface area contributed by atoms with Gasteiger partial charge in [-0.25, -0.2) is 0 Å². The monoisotopic (exact) mass is 325 g/mol. The van der Waals surface area contributed by atoms with Gasteiger partial charge in [0.1, 0.15) is 5.97 Å². The number of hydrogen-bond donors (Lipinski definition) is 0. The Morgan fingerprint density at radius 1 is 1.00 bits per heavy atom. The van der Waals surface area contributed by atoms with E-state index in [0.29, 0.717) is 0 Å². The Kier molecular flexibility index (Phi) is 8.06. The van der Waals surface area contributed by atoms with Gasteiger partial charge in [0.15, 0.2) is 5.78 Å². The zero-order valence-corrected chi connectivity index (χ0v) is 11.3. The van der Waals surface area contributed by atoms with Crippen molar-refractivity contribution in [2.24, 2.45) is 5.92 Å². The average molecular weight is 324 g/mol. The molecule has 0 saturated heterocycles. The summed E-state index contributed by atoms with van der Waals surface area (Å²) in [6.07, 6.45) is -1.24. The Morgan fingerprint density at radius 3 is 1.64 bits per heavy atom. The summed E-state index contributed by atoms with van der Waals surface area (Å²) >= 11 is 0. The predicted octanol–water partition coefficient (Wildman–Crippen LogP) is -5.57. The fraction of sp³-hybridized carbons (Fsp3) is 0.333. The van der Waals surface area contributed by atoms with Crippen LogP contribution in [0.2, 0.25) is 0 Å². The van der Waals surface area contributed by atoms with Gasteiger partial charge < -0.3 is 29.7 Å². The smallest absolute Gasteiger partial charge is 0.550 e. The Hall–Kier alpha value is -0.349. The second-order valence-electron chi connectivity index (χ2n) is 2.10. The number of ketones is 1. The summed E-state index contributed by atoms with van der Waals surface area (Å²) in [6.45, 7) is 0. The first kappa shape index (κ1) is 16.1. The van der Waals surface area contributed by atoms with Crippen LogP contribution in [0, 0.1) is 5.92 Å². The Morgan fingerprint density at radius 2 is 1.43 bits per heavy atom. The summed E-state index contributed by atoms with van der Waals surface area (Å²) < 4.78 is 0. The predicted molar refractivity (Wildman–Crippen MR) is 33.9 cm³/mol. The van der Waals surface area contributed by atoms with Gasteiger partial charge in [-0.05, 0) is 0 Å². The van der Waals surface area contributed by atoms with Crippen molar-refractivity contribution in [3.8, 4) is 0 Å². The molecule has 0 aromatic heterocycles. The molecule has 0 saturated carbocycles. The summed E-state index contributed by atoms with van der Waals surface area (Å²) in [7, 11) is 0. The Balaban J connectivity index is 0. The van der Waals surface area contributed by atoms with Crippen molar-refractivity contribution in [3.63, 3.8) is 0 Å². The first-order valence-electron chi connectivity index (χ1n) is 3.02. The molecule has 7 nitrogen and oxygen atoms in total. The molecule has 0 spiro atoms. The van der Waals surface area contributed by atoms with Crippen LogP contribution in [-0.4, -0.2) is 72.6 Å². The quantitative estimate of drug-likeness (QED) is 0.279. The van der Waals surface area contributed by atoms with Crippen LogP contribution in [0.25, 0.3) is 0 Å². The molecule has 1 unspecified atom stereocenters. The van der Waals surface area contributed by atoms with Gasteiger partial charge in [0.2, 0.25) is 0 Å². The number of carbonyl (C=O) groups excluding carboxylic acids is 4. The minimum absolute atomic E-state index is 0. The van der Waals surface area contributed by atoms with Crippen molar-refractivity contribution in [3.05, 3.63) is 0 Å². The molecular formula is C6H3BaO7-. The summed E-state index contributed by atoms with van der Waals surface area (Å²) in [5.74, 6) is -10.3. The van der Waals surface area contributed by atoms with Crippen LogP contribution in [0.5, 0.6) is 0 Å². The third-order valence-corrected chi connectivity index (χ3v) is 1.17. The molecule has 0 aliphatic heterocycles. The largest absolute Gasteiger partial charge is 2.00 e. The van der Waals surface area contributed by atoms with Crippen LogP contribution < -0.4 is 15.3 Å².